The molecule has 0 atom stereocenters. The largest absolute Gasteiger partial charge is 0.309 e. The van der Waals surface area contributed by atoms with Crippen LogP contribution in [0.5, 0.6) is 0 Å². The minimum atomic E-state index is -0.630. The van der Waals surface area contributed by atoms with Crippen molar-refractivity contribution in [2.75, 3.05) is 0 Å². The van der Waals surface area contributed by atoms with Gasteiger partial charge in [0.15, 0.2) is 0 Å². The lowest BCUT2D eigenvalue weighted by atomic mass is 9.66. The Hall–Kier alpha value is -9.82. The second-order valence-electron chi connectivity index (χ2n) is 20.6. The van der Waals surface area contributed by atoms with E-state index >= 15 is 0 Å². The van der Waals surface area contributed by atoms with Crippen LogP contribution in [-0.2, 0) is 5.41 Å². The summed E-state index contributed by atoms with van der Waals surface area (Å²) in [6.07, 6.45) is 0. The number of benzene rings is 14. The monoisotopic (exact) mass is 961 g/mol. The van der Waals surface area contributed by atoms with Gasteiger partial charge in [-0.05, 0) is 163 Å². The molecule has 0 N–H and O–H groups in total. The Labute approximate surface area is 440 Å². The smallest absolute Gasteiger partial charge is 0.0720 e. The van der Waals surface area contributed by atoms with Crippen LogP contribution in [0, 0.1) is 0 Å². The minimum absolute atomic E-state index is 0.630. The standard InChI is InChI=1S/C75H47N/c1-4-25-51(26-5-1)75(52-27-6-2-7-28-52)67-47-65(56-33-11-13-35-58(56)72(67)73-59-36-14-10-31-54(59)55-32-12-19-41-64(55)74(73)75)48-23-22-24-49(45-48)70-60-37-15-17-39-62(60)71(63-40-18-16-38-61(63)70)50-43-44-69-66(46-50)57-34-20-21-42-68(57)76(69)53-29-8-3-9-30-53/h1-47H. The molecule has 352 valence electrons. The van der Waals surface area contributed by atoms with Crippen LogP contribution in [0.4, 0.5) is 0 Å². The summed E-state index contributed by atoms with van der Waals surface area (Å²) < 4.78 is 2.40. The maximum absolute atomic E-state index is 2.57. The number of hydrogen-bond acceptors (Lipinski definition) is 0. The van der Waals surface area contributed by atoms with Crippen molar-refractivity contribution in [1.29, 1.82) is 0 Å². The van der Waals surface area contributed by atoms with Crippen molar-refractivity contribution < 1.29 is 0 Å². The molecule has 0 unspecified atom stereocenters. The summed E-state index contributed by atoms with van der Waals surface area (Å²) in [5, 5.41) is 15.1. The van der Waals surface area contributed by atoms with E-state index in [-0.39, 0.29) is 0 Å². The molecule has 1 nitrogen and oxygen atoms in total. The third kappa shape index (κ3) is 5.97. The maximum Gasteiger partial charge on any atom is 0.0720 e. The van der Waals surface area contributed by atoms with Crippen molar-refractivity contribution in [2.45, 2.75) is 5.41 Å². The lowest BCUT2D eigenvalue weighted by molar-refractivity contribution is 0.777. The second kappa shape index (κ2) is 16.6. The van der Waals surface area contributed by atoms with Crippen LogP contribution in [0.3, 0.4) is 0 Å². The summed E-state index contributed by atoms with van der Waals surface area (Å²) >= 11 is 0. The van der Waals surface area contributed by atoms with Crippen molar-refractivity contribution in [3.63, 3.8) is 0 Å². The van der Waals surface area contributed by atoms with Gasteiger partial charge in [0.05, 0.1) is 16.4 Å². The Morgan fingerprint density at radius 3 is 1.25 bits per heavy atom. The highest BCUT2D eigenvalue weighted by Gasteiger charge is 2.49. The van der Waals surface area contributed by atoms with E-state index in [1.165, 1.54) is 142 Å². The van der Waals surface area contributed by atoms with Crippen LogP contribution in [0.2, 0.25) is 0 Å². The van der Waals surface area contributed by atoms with E-state index < -0.39 is 5.41 Å². The van der Waals surface area contributed by atoms with Gasteiger partial charge in [0.1, 0.15) is 0 Å². The van der Waals surface area contributed by atoms with Gasteiger partial charge >= 0.3 is 0 Å². The summed E-state index contributed by atoms with van der Waals surface area (Å²) in [7, 11) is 0. The fourth-order valence-corrected chi connectivity index (χ4v) is 13.8. The third-order valence-corrected chi connectivity index (χ3v) is 16.8. The Kier molecular flexibility index (Phi) is 9.32. The molecule has 76 heavy (non-hydrogen) atoms. The molecule has 1 aliphatic carbocycles. The molecule has 0 aliphatic heterocycles. The second-order valence-corrected chi connectivity index (χ2v) is 20.6. The molecule has 0 radical (unpaired) electrons. The summed E-state index contributed by atoms with van der Waals surface area (Å²) in [5.41, 5.74) is 18.1. The highest BCUT2D eigenvalue weighted by molar-refractivity contribution is 6.25. The fraction of sp³-hybridized carbons (Fsp3) is 0.0133. The van der Waals surface area contributed by atoms with E-state index in [9.17, 15) is 0 Å². The topological polar surface area (TPSA) is 4.93 Å². The molecule has 1 heterocycles. The molecule has 1 heteroatoms. The molecule has 15 aromatic rings. The van der Waals surface area contributed by atoms with Crippen molar-refractivity contribution in [1.82, 2.24) is 4.57 Å². The van der Waals surface area contributed by atoms with Crippen molar-refractivity contribution in [3.05, 3.63) is 307 Å². The molecule has 0 spiro atoms. The van der Waals surface area contributed by atoms with E-state index in [4.69, 9.17) is 0 Å². The first kappa shape index (κ1) is 42.7. The summed E-state index contributed by atoms with van der Waals surface area (Å²) in [4.78, 5) is 0. The number of hydrogen-bond donors (Lipinski definition) is 0. The van der Waals surface area contributed by atoms with Crippen LogP contribution < -0.4 is 0 Å². The lowest BCUT2D eigenvalue weighted by Gasteiger charge is -2.35. The zero-order valence-electron chi connectivity index (χ0n) is 41.6. The van der Waals surface area contributed by atoms with Crippen molar-refractivity contribution >= 4 is 75.7 Å². The van der Waals surface area contributed by atoms with E-state index in [1.54, 1.807) is 0 Å². The lowest BCUT2D eigenvalue weighted by Crippen LogP contribution is -2.29. The molecule has 16 rings (SSSR count). The average Bonchev–Trinajstić information content (AvgIpc) is 4.23. The van der Waals surface area contributed by atoms with Crippen molar-refractivity contribution in [3.8, 4) is 50.2 Å². The number of fused-ring (bicyclic) bond motifs is 15. The zero-order chi connectivity index (χ0) is 49.9. The van der Waals surface area contributed by atoms with E-state index in [1.807, 2.05) is 0 Å². The molecule has 1 aliphatic rings. The predicted octanol–water partition coefficient (Wildman–Crippen LogP) is 19.9. The van der Waals surface area contributed by atoms with Gasteiger partial charge in [0, 0.05) is 16.5 Å². The Balaban J connectivity index is 0.955. The van der Waals surface area contributed by atoms with Crippen LogP contribution in [-0.4, -0.2) is 4.57 Å². The van der Waals surface area contributed by atoms with Gasteiger partial charge in [-0.3, -0.25) is 0 Å². The van der Waals surface area contributed by atoms with E-state index in [0.717, 1.165) is 5.69 Å². The molecule has 0 bridgehead atoms. The Bertz CT molecular complexity index is 4760. The third-order valence-electron chi connectivity index (χ3n) is 16.8. The first-order valence-electron chi connectivity index (χ1n) is 26.5. The number of rotatable bonds is 6. The van der Waals surface area contributed by atoms with Crippen LogP contribution in [0.15, 0.2) is 285 Å². The number of para-hydroxylation sites is 2. The summed E-state index contributed by atoms with van der Waals surface area (Å²) in [6, 6.07) is 107. The molecular weight excluding hydrogens is 915 g/mol. The normalized spacial score (nSPS) is 12.8. The Morgan fingerprint density at radius 2 is 0.658 bits per heavy atom. The average molecular weight is 962 g/mol. The first-order chi connectivity index (χ1) is 37.8. The van der Waals surface area contributed by atoms with Gasteiger partial charge < -0.3 is 4.57 Å². The molecule has 0 saturated heterocycles. The van der Waals surface area contributed by atoms with Gasteiger partial charge in [-0.2, -0.15) is 0 Å². The van der Waals surface area contributed by atoms with Gasteiger partial charge in [-0.25, -0.2) is 0 Å². The number of aromatic nitrogens is 1. The molecule has 1 aromatic heterocycles. The molecule has 0 saturated carbocycles. The van der Waals surface area contributed by atoms with Crippen LogP contribution in [0.25, 0.3) is 126 Å². The molecule has 14 aromatic carbocycles. The molecular formula is C75H47N. The van der Waals surface area contributed by atoms with Gasteiger partial charge in [0.25, 0.3) is 0 Å². The van der Waals surface area contributed by atoms with Gasteiger partial charge in [0.2, 0.25) is 0 Å². The highest BCUT2D eigenvalue weighted by Crippen LogP contribution is 2.62. The highest BCUT2D eigenvalue weighted by atomic mass is 15.0. The number of nitrogens with zero attached hydrogens (tertiary/aromatic N) is 1. The minimum Gasteiger partial charge on any atom is -0.309 e. The van der Waals surface area contributed by atoms with E-state index in [0.29, 0.717) is 0 Å². The zero-order valence-corrected chi connectivity index (χ0v) is 41.6. The summed E-state index contributed by atoms with van der Waals surface area (Å²) in [5.74, 6) is 0. The first-order valence-corrected chi connectivity index (χ1v) is 26.5. The maximum atomic E-state index is 2.57. The predicted molar refractivity (Wildman–Crippen MR) is 322 cm³/mol. The molecule has 0 fully saturated rings. The van der Waals surface area contributed by atoms with Gasteiger partial charge in [-0.1, -0.05) is 243 Å². The SMILES string of the molecule is c1ccc(-n2c3ccccc3c3cc(-c4c5ccccc5c(-c5cccc(-c6cc7c(c8ccccc68)-c6c(c8ccccc8c8ccccc68)C7(c6ccccc6)c6ccccc6)c5)c5ccccc45)ccc32)cc1. The molecule has 0 amide bonds. The fourth-order valence-electron chi connectivity index (χ4n) is 13.8. The van der Waals surface area contributed by atoms with Crippen molar-refractivity contribution in [2.24, 2.45) is 0 Å². The summed E-state index contributed by atoms with van der Waals surface area (Å²) in [6.45, 7) is 0. The van der Waals surface area contributed by atoms with E-state index in [2.05, 4.69) is 290 Å². The van der Waals surface area contributed by atoms with Crippen LogP contribution in [0.1, 0.15) is 22.3 Å². The van der Waals surface area contributed by atoms with Crippen LogP contribution >= 0.6 is 0 Å². The quantitative estimate of drug-likeness (QED) is 0.116. The Morgan fingerprint density at radius 1 is 0.237 bits per heavy atom. The van der Waals surface area contributed by atoms with Gasteiger partial charge in [-0.15, -0.1) is 0 Å².